The van der Waals surface area contributed by atoms with E-state index >= 15 is 0 Å². The molecule has 1 heterocycles. The number of nitrogens with zero attached hydrogens (tertiary/aromatic N) is 2. The second-order valence-corrected chi connectivity index (χ2v) is 4.09. The topological polar surface area (TPSA) is 61.9 Å². The van der Waals surface area contributed by atoms with Gasteiger partial charge < -0.3 is 15.8 Å². The van der Waals surface area contributed by atoms with Gasteiger partial charge in [-0.15, -0.1) is 0 Å². The molecule has 3 N–H and O–H groups in total. The molecule has 1 aliphatic heterocycles. The van der Waals surface area contributed by atoms with E-state index in [1.807, 2.05) is 0 Å². The Morgan fingerprint density at radius 3 is 2.43 bits per heavy atom. The fourth-order valence-corrected chi connectivity index (χ4v) is 2.01. The van der Waals surface area contributed by atoms with Gasteiger partial charge >= 0.3 is 0 Å². The van der Waals surface area contributed by atoms with Gasteiger partial charge in [-0.05, 0) is 32.9 Å². The Balaban J connectivity index is 2.37. The first-order chi connectivity index (χ1) is 6.74. The van der Waals surface area contributed by atoms with Gasteiger partial charge in [0.25, 0.3) is 0 Å². The van der Waals surface area contributed by atoms with Crippen LogP contribution in [0.4, 0.5) is 0 Å². The van der Waals surface area contributed by atoms with Crippen molar-refractivity contribution in [3.05, 3.63) is 0 Å². The first kappa shape index (κ1) is 11.3. The molecule has 1 unspecified atom stereocenters. The molecule has 0 bridgehead atoms. The first-order valence-electron chi connectivity index (χ1n) is 5.44. The summed E-state index contributed by atoms with van der Waals surface area (Å²) in [5, 5.41) is 11.5. The Hall–Kier alpha value is -0.770. The summed E-state index contributed by atoms with van der Waals surface area (Å²) < 4.78 is 0. The molecule has 1 atom stereocenters. The van der Waals surface area contributed by atoms with Crippen molar-refractivity contribution in [1.82, 2.24) is 4.90 Å². The largest absolute Gasteiger partial charge is 0.409 e. The average Bonchev–Trinajstić information content (AvgIpc) is 2.45. The molecule has 0 aromatic carbocycles. The molecule has 1 rings (SSSR count). The van der Waals surface area contributed by atoms with Crippen LogP contribution in [-0.4, -0.2) is 35.1 Å². The highest BCUT2D eigenvalue weighted by atomic mass is 16.4. The predicted molar refractivity (Wildman–Crippen MR) is 57.5 cm³/mol. The maximum Gasteiger partial charge on any atom is 0.140 e. The van der Waals surface area contributed by atoms with Gasteiger partial charge in [-0.2, -0.15) is 0 Å². The zero-order valence-electron chi connectivity index (χ0n) is 8.95. The molecule has 4 nitrogen and oxygen atoms in total. The third-order valence-corrected chi connectivity index (χ3v) is 2.90. The van der Waals surface area contributed by atoms with Crippen LogP contribution in [0, 0.1) is 0 Å². The van der Waals surface area contributed by atoms with Crippen molar-refractivity contribution in [2.24, 2.45) is 10.9 Å². The van der Waals surface area contributed by atoms with Crippen LogP contribution in [0.25, 0.3) is 0 Å². The quantitative estimate of drug-likeness (QED) is 0.312. The SMILES string of the molecule is CC(CC(N)=NO)N1CCCCCC1. The van der Waals surface area contributed by atoms with E-state index in [0.29, 0.717) is 18.3 Å². The standard InChI is InChI=1S/C10H21N3O/c1-9(8-10(11)12-14)13-6-4-2-3-5-7-13/h9,14H,2-8H2,1H3,(H2,11,12). The summed E-state index contributed by atoms with van der Waals surface area (Å²) in [6, 6.07) is 0.393. The van der Waals surface area contributed by atoms with E-state index in [4.69, 9.17) is 10.9 Å². The highest BCUT2D eigenvalue weighted by Gasteiger charge is 2.16. The van der Waals surface area contributed by atoms with Crippen molar-refractivity contribution in [1.29, 1.82) is 0 Å². The van der Waals surface area contributed by atoms with Gasteiger partial charge in [-0.1, -0.05) is 18.0 Å². The Morgan fingerprint density at radius 2 is 1.93 bits per heavy atom. The van der Waals surface area contributed by atoms with Crippen LogP contribution in [0.3, 0.4) is 0 Å². The number of hydrogen-bond acceptors (Lipinski definition) is 3. The highest BCUT2D eigenvalue weighted by molar-refractivity contribution is 5.80. The van der Waals surface area contributed by atoms with Crippen molar-refractivity contribution >= 4 is 5.84 Å². The lowest BCUT2D eigenvalue weighted by Gasteiger charge is -2.26. The molecule has 1 saturated heterocycles. The van der Waals surface area contributed by atoms with E-state index in [-0.39, 0.29) is 0 Å². The summed E-state index contributed by atoms with van der Waals surface area (Å²) in [6.45, 7) is 4.45. The summed E-state index contributed by atoms with van der Waals surface area (Å²) in [4.78, 5) is 2.44. The van der Waals surface area contributed by atoms with Gasteiger partial charge in [0.05, 0.1) is 0 Å². The molecule has 0 aromatic heterocycles. The Bertz CT molecular complexity index is 186. The van der Waals surface area contributed by atoms with E-state index in [2.05, 4.69) is 17.0 Å². The van der Waals surface area contributed by atoms with Crippen molar-refractivity contribution in [3.63, 3.8) is 0 Å². The minimum absolute atomic E-state index is 0.335. The summed E-state index contributed by atoms with van der Waals surface area (Å²) >= 11 is 0. The second kappa shape index (κ2) is 5.86. The number of rotatable bonds is 3. The molecule has 1 aliphatic rings. The maximum atomic E-state index is 8.48. The molecule has 82 valence electrons. The Morgan fingerprint density at radius 1 is 1.36 bits per heavy atom. The van der Waals surface area contributed by atoms with Crippen LogP contribution in [-0.2, 0) is 0 Å². The van der Waals surface area contributed by atoms with Crippen molar-refractivity contribution < 1.29 is 5.21 Å². The van der Waals surface area contributed by atoms with Crippen LogP contribution in [0.15, 0.2) is 5.16 Å². The van der Waals surface area contributed by atoms with Crippen LogP contribution >= 0.6 is 0 Å². The molecule has 0 aromatic rings. The number of amidine groups is 1. The van der Waals surface area contributed by atoms with Gasteiger partial charge in [0.1, 0.15) is 5.84 Å². The molecule has 4 heteroatoms. The Labute approximate surface area is 85.8 Å². The van der Waals surface area contributed by atoms with Crippen molar-refractivity contribution in [3.8, 4) is 0 Å². The molecular formula is C10H21N3O. The first-order valence-corrected chi connectivity index (χ1v) is 5.44. The molecule has 1 fully saturated rings. The molecule has 14 heavy (non-hydrogen) atoms. The smallest absolute Gasteiger partial charge is 0.140 e. The number of hydrogen-bond donors (Lipinski definition) is 2. The third-order valence-electron chi connectivity index (χ3n) is 2.90. The molecular weight excluding hydrogens is 178 g/mol. The van der Waals surface area contributed by atoms with Crippen molar-refractivity contribution in [2.45, 2.75) is 45.1 Å². The normalized spacial score (nSPS) is 23.1. The summed E-state index contributed by atoms with van der Waals surface area (Å²) in [5.74, 6) is 0.335. The predicted octanol–water partition coefficient (Wildman–Crippen LogP) is 1.39. The number of likely N-dealkylation sites (tertiary alicyclic amines) is 1. The fraction of sp³-hybridized carbons (Fsp3) is 0.900. The molecule has 0 aliphatic carbocycles. The minimum Gasteiger partial charge on any atom is -0.409 e. The lowest BCUT2D eigenvalue weighted by Crippen LogP contribution is -2.36. The summed E-state index contributed by atoms with van der Waals surface area (Å²) in [6.07, 6.45) is 5.90. The maximum absolute atomic E-state index is 8.48. The highest BCUT2D eigenvalue weighted by Crippen LogP contribution is 2.13. The zero-order valence-corrected chi connectivity index (χ0v) is 8.95. The van der Waals surface area contributed by atoms with Crippen LogP contribution < -0.4 is 5.73 Å². The number of oxime groups is 1. The van der Waals surface area contributed by atoms with E-state index in [1.54, 1.807) is 0 Å². The van der Waals surface area contributed by atoms with Gasteiger partial charge in [0, 0.05) is 12.5 Å². The number of nitrogens with two attached hydrogens (primary N) is 1. The summed E-state index contributed by atoms with van der Waals surface area (Å²) in [5.41, 5.74) is 5.49. The van der Waals surface area contributed by atoms with E-state index in [1.165, 1.54) is 25.7 Å². The van der Waals surface area contributed by atoms with Crippen LogP contribution in [0.5, 0.6) is 0 Å². The van der Waals surface area contributed by atoms with Crippen LogP contribution in [0.1, 0.15) is 39.0 Å². The third kappa shape index (κ3) is 3.54. The van der Waals surface area contributed by atoms with Gasteiger partial charge in [0.2, 0.25) is 0 Å². The van der Waals surface area contributed by atoms with E-state index in [9.17, 15) is 0 Å². The zero-order chi connectivity index (χ0) is 10.4. The molecule has 0 spiro atoms. The van der Waals surface area contributed by atoms with Gasteiger partial charge in [-0.3, -0.25) is 0 Å². The van der Waals surface area contributed by atoms with Crippen molar-refractivity contribution in [2.75, 3.05) is 13.1 Å². The fourth-order valence-electron chi connectivity index (χ4n) is 2.01. The summed E-state index contributed by atoms with van der Waals surface area (Å²) in [7, 11) is 0. The molecule has 0 radical (unpaired) electrons. The van der Waals surface area contributed by atoms with Gasteiger partial charge in [-0.25, -0.2) is 0 Å². The minimum atomic E-state index is 0.335. The molecule has 0 saturated carbocycles. The van der Waals surface area contributed by atoms with Crippen LogP contribution in [0.2, 0.25) is 0 Å². The molecule has 0 amide bonds. The van der Waals surface area contributed by atoms with Gasteiger partial charge in [0.15, 0.2) is 0 Å². The lowest BCUT2D eigenvalue weighted by atomic mass is 10.2. The lowest BCUT2D eigenvalue weighted by molar-refractivity contribution is 0.219. The average molecular weight is 199 g/mol. The Kier molecular flexibility index (Phi) is 4.73. The van der Waals surface area contributed by atoms with E-state index in [0.717, 1.165) is 13.1 Å². The van der Waals surface area contributed by atoms with E-state index < -0.39 is 0 Å². The monoisotopic (exact) mass is 199 g/mol. The second-order valence-electron chi connectivity index (χ2n) is 4.09.